The Balaban J connectivity index is 2.15. The Morgan fingerprint density at radius 2 is 1.67 bits per heavy atom. The van der Waals surface area contributed by atoms with E-state index in [-0.39, 0.29) is 5.60 Å². The van der Waals surface area contributed by atoms with Gasteiger partial charge in [-0.3, -0.25) is 0 Å². The van der Waals surface area contributed by atoms with Crippen LogP contribution in [0.2, 0.25) is 0 Å². The van der Waals surface area contributed by atoms with E-state index in [0.29, 0.717) is 5.92 Å². The molecule has 0 atom stereocenters. The van der Waals surface area contributed by atoms with Crippen molar-refractivity contribution in [2.45, 2.75) is 46.8 Å². The first-order valence-electron chi connectivity index (χ1n) is 8.71. The van der Waals surface area contributed by atoms with E-state index < -0.39 is 0 Å². The quantitative estimate of drug-likeness (QED) is 0.563. The fraction of sp³-hybridized carbons (Fsp3) is 0.364. The Hall–Kier alpha value is -2.22. The third-order valence-corrected chi connectivity index (χ3v) is 3.92. The number of hydrogen-bond acceptors (Lipinski definition) is 1. The number of nitrogens with zero attached hydrogens (tertiary/aromatic N) is 1. The summed E-state index contributed by atoms with van der Waals surface area (Å²) in [5.74, 6) is 1.51. The highest BCUT2D eigenvalue weighted by Gasteiger charge is 2.15. The van der Waals surface area contributed by atoms with Crippen LogP contribution in [0.5, 0.6) is 5.75 Å². The van der Waals surface area contributed by atoms with E-state index in [1.165, 1.54) is 22.2 Å². The lowest BCUT2D eigenvalue weighted by Crippen LogP contribution is -2.22. The topological polar surface area (TPSA) is 14.2 Å². The van der Waals surface area contributed by atoms with E-state index >= 15 is 0 Å². The lowest BCUT2D eigenvalue weighted by atomic mass is 10.1. The molecule has 3 aromatic rings. The van der Waals surface area contributed by atoms with Gasteiger partial charge in [-0.2, -0.15) is 0 Å². The minimum atomic E-state index is -0.189. The molecule has 0 N–H and O–H groups in total. The summed E-state index contributed by atoms with van der Waals surface area (Å²) in [6, 6.07) is 19.3. The highest BCUT2D eigenvalue weighted by Crippen LogP contribution is 2.32. The van der Waals surface area contributed by atoms with E-state index in [0.717, 1.165) is 12.3 Å². The van der Waals surface area contributed by atoms with Crippen LogP contribution in [-0.2, 0) is 6.54 Å². The summed E-state index contributed by atoms with van der Waals surface area (Å²) in [7, 11) is 0. The third-order valence-electron chi connectivity index (χ3n) is 3.92. The molecule has 0 aliphatic heterocycles. The molecular formula is C22H27NO. The SMILES string of the molecule is CC(C)Cn1c(-c2ccccc2)cc2ccc(OC(C)(C)C)cc21. The van der Waals surface area contributed by atoms with Gasteiger partial charge in [0, 0.05) is 23.7 Å². The minimum Gasteiger partial charge on any atom is -0.488 e. The Labute approximate surface area is 145 Å². The molecule has 0 spiro atoms. The summed E-state index contributed by atoms with van der Waals surface area (Å²) < 4.78 is 8.49. The lowest BCUT2D eigenvalue weighted by molar-refractivity contribution is 0.131. The van der Waals surface area contributed by atoms with Gasteiger partial charge in [0.05, 0.1) is 5.52 Å². The van der Waals surface area contributed by atoms with Crippen LogP contribution in [0, 0.1) is 5.92 Å². The molecule has 0 unspecified atom stereocenters. The maximum atomic E-state index is 6.07. The summed E-state index contributed by atoms with van der Waals surface area (Å²) in [6.45, 7) is 11.8. The van der Waals surface area contributed by atoms with Crippen molar-refractivity contribution in [3.8, 4) is 17.0 Å². The molecule has 0 aliphatic carbocycles. The Morgan fingerprint density at radius 1 is 0.958 bits per heavy atom. The largest absolute Gasteiger partial charge is 0.488 e. The summed E-state index contributed by atoms with van der Waals surface area (Å²) in [6.07, 6.45) is 0. The number of hydrogen-bond donors (Lipinski definition) is 0. The first-order valence-corrected chi connectivity index (χ1v) is 8.71. The molecule has 1 heterocycles. The standard InChI is InChI=1S/C22H27NO/c1-16(2)15-23-20(17-9-7-6-8-10-17)13-18-11-12-19(14-21(18)23)24-22(3,4)5/h6-14,16H,15H2,1-5H3. The molecule has 0 saturated carbocycles. The molecule has 2 heteroatoms. The van der Waals surface area contributed by atoms with Crippen LogP contribution < -0.4 is 4.74 Å². The van der Waals surface area contributed by atoms with Crippen molar-refractivity contribution < 1.29 is 4.74 Å². The van der Waals surface area contributed by atoms with E-state index in [4.69, 9.17) is 4.74 Å². The first kappa shape index (κ1) is 16.6. The van der Waals surface area contributed by atoms with Gasteiger partial charge in [-0.1, -0.05) is 44.2 Å². The monoisotopic (exact) mass is 321 g/mol. The van der Waals surface area contributed by atoms with Crippen molar-refractivity contribution >= 4 is 10.9 Å². The average molecular weight is 321 g/mol. The maximum Gasteiger partial charge on any atom is 0.122 e. The predicted octanol–water partition coefficient (Wildman–Crippen LogP) is 6.14. The Morgan fingerprint density at radius 3 is 2.29 bits per heavy atom. The van der Waals surface area contributed by atoms with E-state index in [9.17, 15) is 0 Å². The fourth-order valence-electron chi connectivity index (χ4n) is 3.06. The molecule has 0 fully saturated rings. The van der Waals surface area contributed by atoms with Gasteiger partial charge < -0.3 is 9.30 Å². The van der Waals surface area contributed by atoms with Crippen LogP contribution in [0.25, 0.3) is 22.2 Å². The summed E-state index contributed by atoms with van der Waals surface area (Å²) in [5, 5.41) is 1.26. The van der Waals surface area contributed by atoms with Gasteiger partial charge in [-0.15, -0.1) is 0 Å². The zero-order valence-electron chi connectivity index (χ0n) is 15.3. The molecule has 0 aliphatic rings. The molecule has 2 nitrogen and oxygen atoms in total. The van der Waals surface area contributed by atoms with Gasteiger partial charge in [0.2, 0.25) is 0 Å². The molecule has 24 heavy (non-hydrogen) atoms. The van der Waals surface area contributed by atoms with Gasteiger partial charge in [0.1, 0.15) is 11.4 Å². The zero-order valence-corrected chi connectivity index (χ0v) is 15.3. The molecule has 0 saturated heterocycles. The van der Waals surface area contributed by atoms with Crippen molar-refractivity contribution in [2.75, 3.05) is 0 Å². The lowest BCUT2D eigenvalue weighted by Gasteiger charge is -2.21. The number of aromatic nitrogens is 1. The zero-order chi connectivity index (χ0) is 17.3. The van der Waals surface area contributed by atoms with Crippen molar-refractivity contribution in [1.82, 2.24) is 4.57 Å². The Kier molecular flexibility index (Phi) is 4.40. The fourth-order valence-corrected chi connectivity index (χ4v) is 3.06. The summed E-state index contributed by atoms with van der Waals surface area (Å²) >= 11 is 0. The maximum absolute atomic E-state index is 6.07. The normalized spacial score (nSPS) is 12.1. The van der Waals surface area contributed by atoms with Gasteiger partial charge in [0.15, 0.2) is 0 Å². The van der Waals surface area contributed by atoms with Gasteiger partial charge in [0.25, 0.3) is 0 Å². The Bertz CT molecular complexity index is 822. The smallest absolute Gasteiger partial charge is 0.122 e. The molecular weight excluding hydrogens is 294 g/mol. The van der Waals surface area contributed by atoms with Crippen molar-refractivity contribution in [3.05, 3.63) is 54.6 Å². The second-order valence-corrected chi connectivity index (χ2v) is 7.84. The molecule has 126 valence electrons. The van der Waals surface area contributed by atoms with E-state index in [1.54, 1.807) is 0 Å². The van der Waals surface area contributed by atoms with Crippen LogP contribution in [0.15, 0.2) is 54.6 Å². The number of fused-ring (bicyclic) bond motifs is 1. The van der Waals surface area contributed by atoms with Crippen LogP contribution in [0.3, 0.4) is 0 Å². The molecule has 0 bridgehead atoms. The highest BCUT2D eigenvalue weighted by molar-refractivity contribution is 5.88. The van der Waals surface area contributed by atoms with Crippen LogP contribution in [0.4, 0.5) is 0 Å². The van der Waals surface area contributed by atoms with Crippen molar-refractivity contribution in [2.24, 2.45) is 5.92 Å². The summed E-state index contributed by atoms with van der Waals surface area (Å²) in [4.78, 5) is 0. The average Bonchev–Trinajstić information content (AvgIpc) is 2.84. The van der Waals surface area contributed by atoms with E-state index in [2.05, 4.69) is 93.8 Å². The first-order chi connectivity index (χ1) is 11.3. The highest BCUT2D eigenvalue weighted by atomic mass is 16.5. The molecule has 2 aromatic carbocycles. The third kappa shape index (κ3) is 3.64. The number of rotatable bonds is 4. The van der Waals surface area contributed by atoms with E-state index in [1.807, 2.05) is 0 Å². The van der Waals surface area contributed by atoms with Crippen molar-refractivity contribution in [1.29, 1.82) is 0 Å². The van der Waals surface area contributed by atoms with Gasteiger partial charge in [-0.25, -0.2) is 0 Å². The second kappa shape index (κ2) is 6.35. The minimum absolute atomic E-state index is 0.189. The number of ether oxygens (including phenoxy) is 1. The van der Waals surface area contributed by atoms with Crippen LogP contribution in [-0.4, -0.2) is 10.2 Å². The second-order valence-electron chi connectivity index (χ2n) is 7.84. The van der Waals surface area contributed by atoms with Gasteiger partial charge in [-0.05, 0) is 50.5 Å². The number of benzene rings is 2. The van der Waals surface area contributed by atoms with Crippen molar-refractivity contribution in [3.63, 3.8) is 0 Å². The van der Waals surface area contributed by atoms with Gasteiger partial charge >= 0.3 is 0 Å². The predicted molar refractivity (Wildman–Crippen MR) is 103 cm³/mol. The molecule has 0 radical (unpaired) electrons. The van der Waals surface area contributed by atoms with Crippen LogP contribution in [0.1, 0.15) is 34.6 Å². The summed E-state index contributed by atoms with van der Waals surface area (Å²) in [5.41, 5.74) is 3.58. The molecule has 3 rings (SSSR count). The molecule has 1 aromatic heterocycles. The van der Waals surface area contributed by atoms with Crippen LogP contribution >= 0.6 is 0 Å². The molecule has 0 amide bonds.